The van der Waals surface area contributed by atoms with Crippen LogP contribution in [0.25, 0.3) is 10.9 Å². The van der Waals surface area contributed by atoms with Crippen molar-refractivity contribution < 1.29 is 18.0 Å². The molecule has 0 N–H and O–H groups in total. The first-order chi connectivity index (χ1) is 14.8. The first-order valence-electron chi connectivity index (χ1n) is 9.81. The van der Waals surface area contributed by atoms with Crippen molar-refractivity contribution in [3.8, 4) is 0 Å². The molecule has 1 unspecified atom stereocenters. The molecule has 1 amide bonds. The lowest BCUT2D eigenvalue weighted by atomic mass is 10.1. The topological polar surface area (TPSA) is 71.3 Å². The highest BCUT2D eigenvalue weighted by Gasteiger charge is 2.32. The Morgan fingerprint density at radius 3 is 2.45 bits per heavy atom. The molecule has 1 aliphatic rings. The number of alkyl halides is 3. The Balaban J connectivity index is 1.46. The number of nitrogens with zero attached hydrogens (tertiary/aromatic N) is 5. The molecule has 0 aliphatic carbocycles. The van der Waals surface area contributed by atoms with Crippen LogP contribution in [0.1, 0.15) is 18.5 Å². The number of carbonyl (C=O) groups excluding carboxylic acids is 1. The summed E-state index contributed by atoms with van der Waals surface area (Å²) in [4.78, 5) is 29.0. The average molecular weight is 431 g/mol. The molecule has 1 fully saturated rings. The quantitative estimate of drug-likeness (QED) is 0.638. The fourth-order valence-corrected chi connectivity index (χ4v) is 3.69. The molecule has 3 aromatic rings. The van der Waals surface area contributed by atoms with Crippen LogP contribution in [0, 0.1) is 0 Å². The minimum atomic E-state index is -4.41. The monoisotopic (exact) mass is 431 g/mol. The molecule has 10 heteroatoms. The van der Waals surface area contributed by atoms with E-state index in [-0.39, 0.29) is 5.91 Å². The lowest BCUT2D eigenvalue weighted by Gasteiger charge is -2.37. The lowest BCUT2D eigenvalue weighted by Crippen LogP contribution is -2.51. The molecule has 4 rings (SSSR count). The molecule has 0 saturated carbocycles. The third kappa shape index (κ3) is 4.10. The van der Waals surface area contributed by atoms with Crippen LogP contribution in [0.3, 0.4) is 0 Å². The minimum Gasteiger partial charge on any atom is -0.368 e. The molecule has 7 nitrogen and oxygen atoms in total. The number of hydrogen-bond acceptors (Lipinski definition) is 5. The molecule has 2 heterocycles. The fraction of sp³-hybridized carbons (Fsp3) is 0.333. The second-order valence-corrected chi connectivity index (χ2v) is 7.39. The third-order valence-electron chi connectivity index (χ3n) is 5.45. The molecule has 2 aromatic carbocycles. The van der Waals surface area contributed by atoms with E-state index in [1.54, 1.807) is 42.2 Å². The van der Waals surface area contributed by atoms with Crippen molar-refractivity contribution in [1.82, 2.24) is 19.9 Å². The predicted molar refractivity (Wildman–Crippen MR) is 109 cm³/mol. The van der Waals surface area contributed by atoms with E-state index in [2.05, 4.69) is 10.3 Å². The van der Waals surface area contributed by atoms with Gasteiger partial charge in [0, 0.05) is 31.9 Å². The number of aromatic nitrogens is 3. The SMILES string of the molecule is CC(C(=O)N1CCN(c2cccc(C(F)(F)F)c2)CC1)n1nnc2ccccc2c1=O. The number of anilines is 1. The smallest absolute Gasteiger partial charge is 0.368 e. The molecular weight excluding hydrogens is 411 g/mol. The van der Waals surface area contributed by atoms with Crippen LogP contribution in [0.4, 0.5) is 18.9 Å². The molecule has 0 spiro atoms. The van der Waals surface area contributed by atoms with Crippen molar-refractivity contribution in [1.29, 1.82) is 0 Å². The second kappa shape index (κ2) is 8.01. The number of hydrogen-bond donors (Lipinski definition) is 0. The third-order valence-corrected chi connectivity index (χ3v) is 5.45. The summed E-state index contributed by atoms with van der Waals surface area (Å²) >= 11 is 0. The van der Waals surface area contributed by atoms with Gasteiger partial charge in [-0.05, 0) is 37.3 Å². The summed E-state index contributed by atoms with van der Waals surface area (Å²) in [5.74, 6) is -0.282. The van der Waals surface area contributed by atoms with E-state index in [0.29, 0.717) is 42.8 Å². The van der Waals surface area contributed by atoms with Gasteiger partial charge in [-0.25, -0.2) is 0 Å². The molecule has 1 aromatic heterocycles. The molecule has 162 valence electrons. The highest BCUT2D eigenvalue weighted by Crippen LogP contribution is 2.32. The van der Waals surface area contributed by atoms with Gasteiger partial charge in [0.2, 0.25) is 5.91 Å². The van der Waals surface area contributed by atoms with E-state index in [1.807, 2.05) is 4.90 Å². The van der Waals surface area contributed by atoms with Gasteiger partial charge in [0.1, 0.15) is 11.6 Å². The highest BCUT2D eigenvalue weighted by atomic mass is 19.4. The van der Waals surface area contributed by atoms with Gasteiger partial charge in [-0.3, -0.25) is 9.59 Å². The average Bonchev–Trinajstić information content (AvgIpc) is 2.78. The van der Waals surface area contributed by atoms with E-state index in [1.165, 1.54) is 6.07 Å². The number of benzene rings is 2. The van der Waals surface area contributed by atoms with Gasteiger partial charge < -0.3 is 9.80 Å². The zero-order chi connectivity index (χ0) is 22.2. The normalized spacial score (nSPS) is 15.9. The van der Waals surface area contributed by atoms with Crippen molar-refractivity contribution in [2.24, 2.45) is 0 Å². The molecule has 0 bridgehead atoms. The van der Waals surface area contributed by atoms with Crippen LogP contribution in [0.5, 0.6) is 0 Å². The van der Waals surface area contributed by atoms with Gasteiger partial charge in [-0.2, -0.15) is 17.9 Å². The van der Waals surface area contributed by atoms with E-state index in [4.69, 9.17) is 0 Å². The standard InChI is InChI=1S/C21H20F3N5O2/c1-14(29-20(31)17-7-2-3-8-18(17)25-26-29)19(30)28-11-9-27(10-12-28)16-6-4-5-15(13-16)21(22,23)24/h2-8,13-14H,9-12H2,1H3. The Hall–Kier alpha value is -3.43. The number of fused-ring (bicyclic) bond motifs is 1. The number of carbonyl (C=O) groups is 1. The van der Waals surface area contributed by atoms with Crippen molar-refractivity contribution >= 4 is 22.5 Å². The van der Waals surface area contributed by atoms with E-state index in [9.17, 15) is 22.8 Å². The Morgan fingerprint density at radius 2 is 1.74 bits per heavy atom. The number of rotatable bonds is 3. The number of amides is 1. The van der Waals surface area contributed by atoms with Crippen molar-refractivity contribution in [3.63, 3.8) is 0 Å². The van der Waals surface area contributed by atoms with Gasteiger partial charge in [0.15, 0.2) is 0 Å². The minimum absolute atomic E-state index is 0.282. The summed E-state index contributed by atoms with van der Waals surface area (Å²) in [6.07, 6.45) is -4.41. The Bertz CT molecular complexity index is 1170. The maximum Gasteiger partial charge on any atom is 0.416 e. The molecule has 31 heavy (non-hydrogen) atoms. The number of piperazine rings is 1. The maximum absolute atomic E-state index is 13.0. The van der Waals surface area contributed by atoms with E-state index < -0.39 is 23.3 Å². The molecule has 1 aliphatic heterocycles. The van der Waals surface area contributed by atoms with E-state index >= 15 is 0 Å². The zero-order valence-corrected chi connectivity index (χ0v) is 16.7. The predicted octanol–water partition coefficient (Wildman–Crippen LogP) is 2.72. The van der Waals surface area contributed by atoms with Crippen LogP contribution in [0.15, 0.2) is 53.3 Å². The van der Waals surface area contributed by atoms with Crippen LogP contribution >= 0.6 is 0 Å². The van der Waals surface area contributed by atoms with Crippen molar-refractivity contribution in [2.75, 3.05) is 31.1 Å². The van der Waals surface area contributed by atoms with Crippen molar-refractivity contribution in [2.45, 2.75) is 19.1 Å². The summed E-state index contributed by atoms with van der Waals surface area (Å²) in [7, 11) is 0. The molecular formula is C21H20F3N5O2. The Labute approximate surface area is 175 Å². The van der Waals surface area contributed by atoms with Gasteiger partial charge in [0.25, 0.3) is 5.56 Å². The van der Waals surface area contributed by atoms with Gasteiger partial charge in [-0.15, -0.1) is 5.10 Å². The van der Waals surface area contributed by atoms with Gasteiger partial charge in [0.05, 0.1) is 10.9 Å². The summed E-state index contributed by atoms with van der Waals surface area (Å²) in [6.45, 7) is 3.02. The van der Waals surface area contributed by atoms with Gasteiger partial charge >= 0.3 is 6.18 Å². The summed E-state index contributed by atoms with van der Waals surface area (Å²) in [5.41, 5.74) is -0.176. The largest absolute Gasteiger partial charge is 0.416 e. The first-order valence-corrected chi connectivity index (χ1v) is 9.81. The Morgan fingerprint density at radius 1 is 1.03 bits per heavy atom. The highest BCUT2D eigenvalue weighted by molar-refractivity contribution is 5.81. The second-order valence-electron chi connectivity index (χ2n) is 7.39. The summed E-state index contributed by atoms with van der Waals surface area (Å²) < 4.78 is 40.0. The van der Waals surface area contributed by atoms with Crippen LogP contribution < -0.4 is 10.5 Å². The van der Waals surface area contributed by atoms with Crippen LogP contribution in [0.2, 0.25) is 0 Å². The number of halogens is 3. The van der Waals surface area contributed by atoms with Gasteiger partial charge in [-0.1, -0.05) is 23.4 Å². The zero-order valence-electron chi connectivity index (χ0n) is 16.7. The fourth-order valence-electron chi connectivity index (χ4n) is 3.69. The van der Waals surface area contributed by atoms with Crippen molar-refractivity contribution in [3.05, 3.63) is 64.4 Å². The van der Waals surface area contributed by atoms with E-state index in [0.717, 1.165) is 16.8 Å². The lowest BCUT2D eigenvalue weighted by molar-refractivity contribution is -0.137. The molecule has 0 radical (unpaired) electrons. The molecule has 1 atom stereocenters. The first kappa shape index (κ1) is 20.8. The molecule has 1 saturated heterocycles. The van der Waals surface area contributed by atoms with Crippen LogP contribution in [-0.2, 0) is 11.0 Å². The Kier molecular flexibility index (Phi) is 5.38. The summed E-state index contributed by atoms with van der Waals surface area (Å²) in [6, 6.07) is 11.1. The van der Waals surface area contributed by atoms with Crippen LogP contribution in [-0.4, -0.2) is 52.0 Å². The maximum atomic E-state index is 13.0. The summed E-state index contributed by atoms with van der Waals surface area (Å²) in [5, 5.41) is 8.30.